The van der Waals surface area contributed by atoms with Crippen molar-refractivity contribution in [1.29, 1.82) is 0 Å². The summed E-state index contributed by atoms with van der Waals surface area (Å²) in [6.07, 6.45) is 2.86. The zero-order valence-corrected chi connectivity index (χ0v) is 15.8. The van der Waals surface area contributed by atoms with Crippen LogP contribution in [0.1, 0.15) is 29.6 Å². The predicted molar refractivity (Wildman–Crippen MR) is 101 cm³/mol. The summed E-state index contributed by atoms with van der Waals surface area (Å²) in [5.74, 6) is -0.770. The highest BCUT2D eigenvalue weighted by Crippen LogP contribution is 2.39. The lowest BCUT2D eigenvalue weighted by Gasteiger charge is -2.09. The van der Waals surface area contributed by atoms with Crippen molar-refractivity contribution in [2.24, 2.45) is 0 Å². The minimum atomic E-state index is -0.672. The van der Waals surface area contributed by atoms with Gasteiger partial charge in [0.1, 0.15) is 17.5 Å². The van der Waals surface area contributed by atoms with Gasteiger partial charge >= 0.3 is 0 Å². The van der Waals surface area contributed by atoms with Gasteiger partial charge in [-0.2, -0.15) is 0 Å². The molecule has 0 spiro atoms. The van der Waals surface area contributed by atoms with Crippen LogP contribution in [0.4, 0.5) is 14.5 Å². The highest BCUT2D eigenvalue weighted by molar-refractivity contribution is 7.99. The molecule has 1 saturated carbocycles. The number of hydrogen-bond acceptors (Lipinski definition) is 5. The third-order valence-electron chi connectivity index (χ3n) is 4.09. The molecule has 5 nitrogen and oxygen atoms in total. The molecule has 9 heteroatoms. The van der Waals surface area contributed by atoms with Crippen LogP contribution < -0.4 is 5.32 Å². The van der Waals surface area contributed by atoms with E-state index < -0.39 is 17.5 Å². The van der Waals surface area contributed by atoms with E-state index in [2.05, 4.69) is 26.1 Å². The number of carbonyl (C=O) groups is 1. The van der Waals surface area contributed by atoms with Gasteiger partial charge in [-0.05, 0) is 36.4 Å². The molecule has 2 heterocycles. The minimum Gasteiger partial charge on any atom is -0.323 e. The van der Waals surface area contributed by atoms with Gasteiger partial charge in [0, 0.05) is 23.4 Å². The summed E-state index contributed by atoms with van der Waals surface area (Å²) in [6, 6.07) is 7.39. The van der Waals surface area contributed by atoms with Gasteiger partial charge in [0.05, 0.1) is 11.4 Å². The predicted octanol–water partition coefficient (Wildman–Crippen LogP) is 4.27. The van der Waals surface area contributed by atoms with E-state index in [1.165, 1.54) is 16.6 Å². The van der Waals surface area contributed by atoms with Crippen molar-refractivity contribution in [3.8, 4) is 0 Å². The maximum Gasteiger partial charge on any atom is 0.234 e. The highest BCUT2D eigenvalue weighted by Gasteiger charge is 2.30. The minimum absolute atomic E-state index is 0.0415. The Bertz CT molecular complexity index is 954. The van der Waals surface area contributed by atoms with Crippen LogP contribution >= 0.6 is 23.1 Å². The summed E-state index contributed by atoms with van der Waals surface area (Å²) in [4.78, 5) is 13.3. The van der Waals surface area contributed by atoms with Crippen LogP contribution in [0, 0.1) is 11.6 Å². The second kappa shape index (κ2) is 7.77. The van der Waals surface area contributed by atoms with Gasteiger partial charge in [0.25, 0.3) is 0 Å². The van der Waals surface area contributed by atoms with Crippen molar-refractivity contribution < 1.29 is 13.6 Å². The number of anilines is 1. The first-order valence-corrected chi connectivity index (χ1v) is 10.3. The number of amides is 1. The maximum absolute atomic E-state index is 13.6. The molecular weight excluding hydrogens is 390 g/mol. The maximum atomic E-state index is 13.6. The first-order chi connectivity index (χ1) is 13.1. The average Bonchev–Trinajstić information content (AvgIpc) is 3.19. The summed E-state index contributed by atoms with van der Waals surface area (Å²) in [7, 11) is 0. The molecule has 4 rings (SSSR count). The van der Waals surface area contributed by atoms with Crippen molar-refractivity contribution >= 4 is 34.7 Å². The molecule has 2 aromatic heterocycles. The highest BCUT2D eigenvalue weighted by atomic mass is 32.2. The zero-order chi connectivity index (χ0) is 18.8. The third kappa shape index (κ3) is 4.36. The average molecular weight is 406 g/mol. The molecule has 1 aliphatic carbocycles. The van der Waals surface area contributed by atoms with E-state index in [1.807, 2.05) is 11.4 Å². The van der Waals surface area contributed by atoms with Crippen molar-refractivity contribution in [3.63, 3.8) is 0 Å². The van der Waals surface area contributed by atoms with Gasteiger partial charge in [-0.25, -0.2) is 8.78 Å². The smallest absolute Gasteiger partial charge is 0.234 e. The van der Waals surface area contributed by atoms with Gasteiger partial charge in [-0.15, -0.1) is 21.5 Å². The summed E-state index contributed by atoms with van der Waals surface area (Å²) in [6.45, 7) is 0. The number of hydrogen-bond donors (Lipinski definition) is 1. The Hall–Kier alpha value is -2.26. The zero-order valence-electron chi connectivity index (χ0n) is 14.2. The number of nitrogens with one attached hydrogen (secondary N) is 1. The van der Waals surface area contributed by atoms with Crippen LogP contribution in [-0.4, -0.2) is 26.4 Å². The molecule has 0 bridgehead atoms. The molecular formula is C18H16F2N4OS2. The fourth-order valence-corrected chi connectivity index (χ4v) is 4.23. The lowest BCUT2D eigenvalue weighted by Crippen LogP contribution is -2.16. The van der Waals surface area contributed by atoms with Crippen molar-refractivity contribution in [2.75, 3.05) is 11.1 Å². The molecule has 27 heavy (non-hydrogen) atoms. The van der Waals surface area contributed by atoms with Crippen LogP contribution in [0.25, 0.3) is 0 Å². The Labute approximate surface area is 162 Å². The van der Waals surface area contributed by atoms with Gasteiger partial charge in [-0.3, -0.25) is 4.79 Å². The molecule has 1 N–H and O–H groups in total. The van der Waals surface area contributed by atoms with E-state index in [0.29, 0.717) is 17.6 Å². The summed E-state index contributed by atoms with van der Waals surface area (Å²) in [5.41, 5.74) is -0.164. The van der Waals surface area contributed by atoms with E-state index >= 15 is 0 Å². The molecule has 1 aromatic carbocycles. The molecule has 3 aromatic rings. The van der Waals surface area contributed by atoms with E-state index in [1.54, 1.807) is 11.3 Å². The second-order valence-corrected chi connectivity index (χ2v) is 8.19. The van der Waals surface area contributed by atoms with E-state index in [4.69, 9.17) is 0 Å². The first kappa shape index (κ1) is 18.1. The fourth-order valence-electron chi connectivity index (χ4n) is 2.70. The van der Waals surface area contributed by atoms with Gasteiger partial charge < -0.3 is 9.88 Å². The molecule has 140 valence electrons. The van der Waals surface area contributed by atoms with Gasteiger partial charge in [0.15, 0.2) is 5.16 Å². The number of nitrogens with zero attached hydrogens (tertiary/aromatic N) is 3. The molecule has 1 fully saturated rings. The lowest BCUT2D eigenvalue weighted by atomic mass is 10.3. The van der Waals surface area contributed by atoms with Crippen molar-refractivity contribution in [1.82, 2.24) is 14.8 Å². The number of halogens is 2. The summed E-state index contributed by atoms with van der Waals surface area (Å²) in [5, 5.41) is 13.6. The number of benzene rings is 1. The lowest BCUT2D eigenvalue weighted by molar-refractivity contribution is -0.113. The first-order valence-electron chi connectivity index (χ1n) is 8.44. The monoisotopic (exact) mass is 406 g/mol. The standard InChI is InChI=1S/C18H16F2N4OS2/c19-11-3-6-14(20)15(8-11)21-17(25)10-27-18-23-22-16(24(18)12-4-5-12)9-13-2-1-7-26-13/h1-3,6-8,12H,4-5,9-10H2,(H,21,25). The van der Waals surface area contributed by atoms with E-state index in [9.17, 15) is 13.6 Å². The summed E-state index contributed by atoms with van der Waals surface area (Å²) < 4.78 is 29.0. The Morgan fingerprint density at radius 3 is 2.89 bits per heavy atom. The number of thiophene rings is 1. The van der Waals surface area contributed by atoms with E-state index in [-0.39, 0.29) is 11.4 Å². The number of thioether (sulfide) groups is 1. The van der Waals surface area contributed by atoms with Crippen LogP contribution in [0.5, 0.6) is 0 Å². The van der Waals surface area contributed by atoms with E-state index in [0.717, 1.165) is 36.9 Å². The van der Waals surface area contributed by atoms with Crippen molar-refractivity contribution in [2.45, 2.75) is 30.5 Å². The Morgan fingerprint density at radius 2 is 2.15 bits per heavy atom. The largest absolute Gasteiger partial charge is 0.323 e. The molecule has 0 unspecified atom stereocenters. The normalized spacial score (nSPS) is 13.7. The van der Waals surface area contributed by atoms with Crippen LogP contribution in [0.3, 0.4) is 0 Å². The number of rotatable bonds is 7. The number of aromatic nitrogens is 3. The molecule has 0 atom stereocenters. The Kier molecular flexibility index (Phi) is 5.22. The summed E-state index contributed by atoms with van der Waals surface area (Å²) >= 11 is 2.92. The van der Waals surface area contributed by atoms with Gasteiger partial charge in [0.2, 0.25) is 5.91 Å². The van der Waals surface area contributed by atoms with Crippen LogP contribution in [-0.2, 0) is 11.2 Å². The molecule has 0 saturated heterocycles. The quantitative estimate of drug-likeness (QED) is 0.595. The topological polar surface area (TPSA) is 59.8 Å². The van der Waals surface area contributed by atoms with Crippen LogP contribution in [0.2, 0.25) is 0 Å². The fraction of sp³-hybridized carbons (Fsp3) is 0.278. The third-order valence-corrected chi connectivity index (χ3v) is 5.91. The SMILES string of the molecule is O=C(CSc1nnc(Cc2cccs2)n1C1CC1)Nc1cc(F)ccc1F. The Balaban J connectivity index is 1.42. The Morgan fingerprint density at radius 1 is 1.30 bits per heavy atom. The second-order valence-electron chi connectivity index (χ2n) is 6.22. The molecule has 1 amide bonds. The van der Waals surface area contributed by atoms with Crippen LogP contribution in [0.15, 0.2) is 40.9 Å². The molecule has 0 aliphatic heterocycles. The number of carbonyl (C=O) groups excluding carboxylic acids is 1. The van der Waals surface area contributed by atoms with Gasteiger partial charge in [-0.1, -0.05) is 17.8 Å². The molecule has 1 aliphatic rings. The molecule has 0 radical (unpaired) electrons. The van der Waals surface area contributed by atoms with Crippen molar-refractivity contribution in [3.05, 3.63) is 58.0 Å².